The average Bonchev–Trinajstić information content (AvgIpc) is 1.30. The summed E-state index contributed by atoms with van der Waals surface area (Å²) >= 11 is 0. The van der Waals surface area contributed by atoms with E-state index in [-0.39, 0.29) is 38.5 Å². The van der Waals surface area contributed by atoms with Crippen LogP contribution in [0.2, 0.25) is 0 Å². The largest absolute Gasteiger partial charge is 0.508 e. The lowest BCUT2D eigenvalue weighted by molar-refractivity contribution is -0.172. The lowest BCUT2D eigenvalue weighted by Gasteiger charge is -2.59. The molecule has 17 aliphatic carbocycles. The van der Waals surface area contributed by atoms with Gasteiger partial charge in [0.25, 0.3) is 0 Å². The molecule has 0 saturated heterocycles. The summed E-state index contributed by atoms with van der Waals surface area (Å²) in [5.41, 5.74) is 9.09. The molecule has 0 heterocycles. The van der Waals surface area contributed by atoms with Crippen molar-refractivity contribution in [3.8, 4) is 79.0 Å². The Hall–Kier alpha value is -6.94. The van der Waals surface area contributed by atoms with Gasteiger partial charge in [-0.1, -0.05) is 114 Å². The van der Waals surface area contributed by atoms with E-state index in [1.807, 2.05) is 42.5 Å². The molecule has 119 heavy (non-hydrogen) atoms. The van der Waals surface area contributed by atoms with Crippen molar-refractivity contribution in [2.45, 2.75) is 345 Å². The molecule has 23 unspecified atom stereocenters. The highest BCUT2D eigenvalue weighted by Crippen LogP contribution is 2.73. The first-order chi connectivity index (χ1) is 56.6. The SMILES string of the molecule is C#CC1(O)CCC2C3CCC4=CC(=O)CCC4(C)C3CCC21C.C#CC1(O)CCC2C3CCc4cc(O)ccc4C3CCC21C.C#CC1(OC(C)=O)CCC2C3CCC4=CC(=C)CCC4(C)C3CCC21CC.C#CCC[C@]1(O)CCC2C3CCc4cc(O)ccc4C3CC[C@@]21C.C#CC[C@]1(O)CCC2C3CCc4cc(O)ccc4C3CC[C@@]21C. The number of hydrogen-bond donors (Lipinski definition) is 7. The second-order valence-electron chi connectivity index (χ2n) is 43.3. The predicted molar refractivity (Wildman–Crippen MR) is 473 cm³/mol. The second-order valence-corrected chi connectivity index (χ2v) is 43.3. The van der Waals surface area contributed by atoms with Crippen molar-refractivity contribution in [3.05, 3.63) is 123 Å². The minimum atomic E-state index is -0.919. The van der Waals surface area contributed by atoms with Gasteiger partial charge >= 0.3 is 5.97 Å². The average molecular weight is 1610 g/mol. The van der Waals surface area contributed by atoms with E-state index in [2.05, 4.69) is 109 Å². The van der Waals surface area contributed by atoms with Crippen LogP contribution in [0.25, 0.3) is 0 Å². The number of benzene rings is 3. The topological polar surface area (TPSA) is 185 Å². The molecule has 12 saturated carbocycles. The number of ketones is 1. The monoisotopic (exact) mass is 1610 g/mol. The number of phenolic OH excluding ortho intramolecular Hbond substituents is 3. The second kappa shape index (κ2) is 31.4. The van der Waals surface area contributed by atoms with Gasteiger partial charge in [-0.3, -0.25) is 9.59 Å². The number of terminal acetylenes is 5. The fourth-order valence-electron chi connectivity index (χ4n) is 33.0. The van der Waals surface area contributed by atoms with Crippen LogP contribution in [-0.2, 0) is 33.6 Å². The summed E-state index contributed by atoms with van der Waals surface area (Å²) < 4.78 is 5.94. The summed E-state index contributed by atoms with van der Waals surface area (Å²) in [6.45, 7) is 22.0. The van der Waals surface area contributed by atoms with E-state index < -0.39 is 28.0 Å². The van der Waals surface area contributed by atoms with Gasteiger partial charge < -0.3 is 40.5 Å². The number of hydrogen-bond acceptors (Lipinski definition) is 10. The quantitative estimate of drug-likeness (QED) is 0.0958. The molecule has 0 aliphatic heterocycles. The van der Waals surface area contributed by atoms with Gasteiger partial charge in [-0.15, -0.1) is 44.0 Å². The maximum absolute atomic E-state index is 11.9. The van der Waals surface area contributed by atoms with E-state index >= 15 is 0 Å². The molecule has 27 atom stereocenters. The van der Waals surface area contributed by atoms with Crippen molar-refractivity contribution >= 4 is 11.8 Å². The van der Waals surface area contributed by atoms with Gasteiger partial charge in [0.05, 0.1) is 11.2 Å². The molecule has 20 rings (SSSR count). The lowest BCUT2D eigenvalue weighted by Crippen LogP contribution is -2.56. The number of aryl methyl sites for hydroxylation is 3. The van der Waals surface area contributed by atoms with Crippen LogP contribution in [0.15, 0.2) is 90.0 Å². The molecule has 12 fully saturated rings. The standard InChI is InChI=1S/C25H34O2.C22H28O2.C21H28O2.C21H26O2.C20H24O2/c1-6-24-14-11-21-20(9-8-19-16-17(3)10-13-23(19,21)5)22(24)12-15-25(24,7-2)27-18(4)26;1-3-4-11-22(24)13-10-20-19-7-5-15-14-16(23)6-8-17(15)18(19)9-12-21(20,22)2;1-4-21(23)12-9-18-16-6-5-14-13-15(22)7-10-19(14,2)17(16)8-11-20(18,21)3;1-3-10-21(23)12-9-19-18-6-4-14-13-15(22)5-7-16(14)17(18)8-11-20(19,21)2;1-3-20(22)11-9-18-17-6-4-13-12-14(21)5-7-15(13)16(17)8-10-19(18,20)2/h2,16,20-22H,3,6,8-15H2,1,4-5H3;1,6,8,14,18-20,23-24H,4-5,7,9-13H2,2H3;1,13,16-18,23H,5-12H2,2-3H3;1,5,7,13,17-19,22-23H,4,6,8-12H2,2H3;1,5,7,12,16-18,21-22H,4,6,8-11H2,2H3/t;18?,19?,20?,21-,22-;;17?,18?,19?,20-,21-;/m.0.0./s1. The number of phenols is 3. The molecule has 0 aromatic heterocycles. The number of rotatable bonds is 5. The van der Waals surface area contributed by atoms with Gasteiger partial charge in [-0.2, -0.15) is 0 Å². The van der Waals surface area contributed by atoms with Crippen molar-refractivity contribution < 1.29 is 50.1 Å². The molecule has 636 valence electrons. The van der Waals surface area contributed by atoms with Crippen LogP contribution in [0, 0.1) is 171 Å². The normalized spacial score (nSPS) is 44.5. The Morgan fingerprint density at radius 3 is 1.31 bits per heavy atom. The van der Waals surface area contributed by atoms with E-state index in [4.69, 9.17) is 36.9 Å². The van der Waals surface area contributed by atoms with Gasteiger partial charge in [-0.25, -0.2) is 0 Å². The molecular weight excluding hydrogens is 1470 g/mol. The zero-order valence-corrected chi connectivity index (χ0v) is 73.3. The van der Waals surface area contributed by atoms with Crippen LogP contribution in [0.3, 0.4) is 0 Å². The van der Waals surface area contributed by atoms with Crippen LogP contribution >= 0.6 is 0 Å². The first-order valence-electron chi connectivity index (χ1n) is 47.1. The highest BCUT2D eigenvalue weighted by Gasteiger charge is 2.70. The van der Waals surface area contributed by atoms with E-state index in [9.17, 15) is 45.3 Å². The maximum Gasteiger partial charge on any atom is 0.304 e. The Labute approximate surface area is 714 Å². The van der Waals surface area contributed by atoms with Gasteiger partial charge in [0.1, 0.15) is 28.5 Å². The third-order valence-corrected chi connectivity index (χ3v) is 39.7. The van der Waals surface area contributed by atoms with Crippen molar-refractivity contribution in [2.75, 3.05) is 0 Å². The first kappa shape index (κ1) is 85.6. The molecule has 3 aromatic carbocycles. The molecule has 17 aliphatic rings. The minimum Gasteiger partial charge on any atom is -0.508 e. The fraction of sp³-hybridized carbons (Fsp3) is 0.670. The Morgan fingerprint density at radius 2 is 0.840 bits per heavy atom. The third-order valence-electron chi connectivity index (χ3n) is 39.7. The van der Waals surface area contributed by atoms with Crippen LogP contribution in [0.5, 0.6) is 17.2 Å². The molecular formula is C109H140O10. The minimum absolute atomic E-state index is 0.0133. The van der Waals surface area contributed by atoms with Gasteiger partial charge in [0, 0.05) is 47.8 Å². The predicted octanol–water partition coefficient (Wildman–Crippen LogP) is 21.7. The lowest BCUT2D eigenvalue weighted by atomic mass is 9.45. The van der Waals surface area contributed by atoms with Crippen LogP contribution in [0.1, 0.15) is 331 Å². The van der Waals surface area contributed by atoms with E-state index in [0.717, 1.165) is 186 Å². The zero-order chi connectivity index (χ0) is 84.6. The van der Waals surface area contributed by atoms with E-state index in [0.29, 0.717) is 131 Å². The van der Waals surface area contributed by atoms with E-state index in [1.165, 1.54) is 96.4 Å². The Balaban J connectivity index is 0.000000111. The Bertz CT molecular complexity index is 4750. The highest BCUT2D eigenvalue weighted by molar-refractivity contribution is 5.91. The zero-order valence-electron chi connectivity index (χ0n) is 73.3. The number of aliphatic hydroxyl groups is 4. The maximum atomic E-state index is 11.9. The number of ether oxygens (including phenoxy) is 1. The number of allylic oxidation sites excluding steroid dienone is 4. The smallest absolute Gasteiger partial charge is 0.304 e. The third kappa shape index (κ3) is 13.4. The van der Waals surface area contributed by atoms with Crippen LogP contribution in [-0.4, -0.2) is 75.5 Å². The van der Waals surface area contributed by atoms with Crippen molar-refractivity contribution in [1.29, 1.82) is 0 Å². The van der Waals surface area contributed by atoms with Crippen molar-refractivity contribution in [3.63, 3.8) is 0 Å². The summed E-state index contributed by atoms with van der Waals surface area (Å²) in [5, 5.41) is 73.7. The van der Waals surface area contributed by atoms with Gasteiger partial charge in [0.15, 0.2) is 11.4 Å². The fourth-order valence-corrected chi connectivity index (χ4v) is 33.0. The summed E-state index contributed by atoms with van der Waals surface area (Å²) in [6.07, 6.45) is 71.7. The molecule has 10 nitrogen and oxygen atoms in total. The van der Waals surface area contributed by atoms with Gasteiger partial charge in [-0.05, 0) is 406 Å². The summed E-state index contributed by atoms with van der Waals surface area (Å²) in [7, 11) is 0. The summed E-state index contributed by atoms with van der Waals surface area (Å²) in [5.74, 6) is 24.4. The van der Waals surface area contributed by atoms with Crippen molar-refractivity contribution in [1.82, 2.24) is 0 Å². The molecule has 0 radical (unpaired) electrons. The molecule has 3 aromatic rings. The number of carbonyl (C=O) groups excluding carboxylic acids is 2. The number of aromatic hydroxyl groups is 3. The Morgan fingerprint density at radius 1 is 0.437 bits per heavy atom. The first-order valence-corrected chi connectivity index (χ1v) is 47.1. The summed E-state index contributed by atoms with van der Waals surface area (Å²) in [4.78, 5) is 23.8. The molecule has 7 N–H and O–H groups in total. The molecule has 0 bridgehead atoms. The Kier molecular flexibility index (Phi) is 22.6. The molecule has 10 heteroatoms. The van der Waals surface area contributed by atoms with Gasteiger partial charge in [0.2, 0.25) is 0 Å². The number of fused-ring (bicyclic) bond motifs is 25. The van der Waals surface area contributed by atoms with Crippen molar-refractivity contribution in [2.24, 2.45) is 109 Å². The molecule has 0 spiro atoms. The molecule has 0 amide bonds. The number of carbonyl (C=O) groups is 2. The van der Waals surface area contributed by atoms with Crippen LogP contribution in [0.4, 0.5) is 0 Å². The number of esters is 1. The summed E-state index contributed by atoms with van der Waals surface area (Å²) in [6, 6.07) is 17.7. The van der Waals surface area contributed by atoms with E-state index in [1.54, 1.807) is 5.57 Å². The van der Waals surface area contributed by atoms with Crippen LogP contribution < -0.4 is 0 Å². The highest BCUT2D eigenvalue weighted by atomic mass is 16.6.